The van der Waals surface area contributed by atoms with Crippen LogP contribution in [-0.2, 0) is 0 Å². The number of benzene rings is 1. The van der Waals surface area contributed by atoms with Gasteiger partial charge in [-0.3, -0.25) is 0 Å². The molecule has 0 amide bonds. The van der Waals surface area contributed by atoms with E-state index in [-0.39, 0.29) is 5.82 Å². The lowest BCUT2D eigenvalue weighted by Crippen LogP contribution is -1.93. The zero-order valence-corrected chi connectivity index (χ0v) is 6.24. The average molecular weight is 161 g/mol. The summed E-state index contributed by atoms with van der Waals surface area (Å²) >= 11 is 0. The molecule has 0 saturated carbocycles. The van der Waals surface area contributed by atoms with Crippen LogP contribution in [-0.4, -0.2) is 9.78 Å². The molecule has 59 valence electrons. The van der Waals surface area contributed by atoms with Gasteiger partial charge in [-0.2, -0.15) is 5.10 Å². The fourth-order valence-corrected chi connectivity index (χ4v) is 0.968. The summed E-state index contributed by atoms with van der Waals surface area (Å²) < 4.78 is 14.1. The first-order chi connectivity index (χ1) is 5.86. The van der Waals surface area contributed by atoms with Crippen LogP contribution in [0.5, 0.6) is 0 Å². The quantitative estimate of drug-likeness (QED) is 0.623. The van der Waals surface area contributed by atoms with Gasteiger partial charge in [0.25, 0.3) is 0 Å². The molecule has 0 atom stereocenters. The topological polar surface area (TPSA) is 17.8 Å². The predicted octanol–water partition coefficient (Wildman–Crippen LogP) is 1.81. The Kier molecular flexibility index (Phi) is 1.63. The summed E-state index contributed by atoms with van der Waals surface area (Å²) in [5, 5.41) is 3.95. The van der Waals surface area contributed by atoms with Gasteiger partial charge >= 0.3 is 0 Å². The molecule has 0 aliphatic heterocycles. The number of halogens is 1. The Morgan fingerprint density at radius 3 is 2.58 bits per heavy atom. The largest absolute Gasteiger partial charge is 0.240 e. The summed E-state index contributed by atoms with van der Waals surface area (Å²) in [6.07, 6.45) is 3.25. The Morgan fingerprint density at radius 2 is 2.00 bits per heavy atom. The first kappa shape index (κ1) is 7.03. The van der Waals surface area contributed by atoms with E-state index in [1.54, 1.807) is 29.2 Å². The van der Waals surface area contributed by atoms with E-state index in [9.17, 15) is 4.39 Å². The minimum Gasteiger partial charge on any atom is -0.240 e. The van der Waals surface area contributed by atoms with Crippen LogP contribution >= 0.6 is 0 Å². The fourth-order valence-electron chi connectivity index (χ4n) is 0.968. The van der Waals surface area contributed by atoms with Crippen molar-refractivity contribution < 1.29 is 4.39 Å². The summed E-state index contributed by atoms with van der Waals surface area (Å²) in [6.45, 7) is 0. The minimum atomic E-state index is -0.241. The molecule has 0 aliphatic carbocycles. The van der Waals surface area contributed by atoms with Gasteiger partial charge in [0, 0.05) is 12.3 Å². The van der Waals surface area contributed by atoms with Crippen molar-refractivity contribution in [2.45, 2.75) is 0 Å². The van der Waals surface area contributed by atoms with Gasteiger partial charge in [0.05, 0.1) is 11.9 Å². The van der Waals surface area contributed by atoms with Crippen molar-refractivity contribution in [1.82, 2.24) is 9.78 Å². The van der Waals surface area contributed by atoms with Gasteiger partial charge in [0.2, 0.25) is 0 Å². The molecule has 2 rings (SSSR count). The highest BCUT2D eigenvalue weighted by Crippen LogP contribution is 2.06. The molecule has 12 heavy (non-hydrogen) atoms. The van der Waals surface area contributed by atoms with Crippen LogP contribution in [0.2, 0.25) is 0 Å². The van der Waals surface area contributed by atoms with Crippen molar-refractivity contribution in [3.05, 3.63) is 48.5 Å². The van der Waals surface area contributed by atoms with Crippen LogP contribution in [0.4, 0.5) is 4.39 Å². The van der Waals surface area contributed by atoms with E-state index in [2.05, 4.69) is 11.2 Å². The van der Waals surface area contributed by atoms with Crippen LogP contribution in [0, 0.1) is 11.9 Å². The first-order valence-electron chi connectivity index (χ1n) is 3.53. The van der Waals surface area contributed by atoms with E-state index in [1.165, 1.54) is 12.1 Å². The van der Waals surface area contributed by atoms with E-state index < -0.39 is 0 Å². The Bertz CT molecular complexity index is 351. The summed E-state index contributed by atoms with van der Waals surface area (Å²) in [6, 6.07) is 8.93. The highest BCUT2D eigenvalue weighted by molar-refractivity contribution is 5.30. The maximum atomic E-state index is 12.5. The second-order valence-corrected chi connectivity index (χ2v) is 2.36. The molecule has 1 heterocycles. The predicted molar refractivity (Wildman–Crippen MR) is 42.4 cm³/mol. The molecule has 1 radical (unpaired) electrons. The van der Waals surface area contributed by atoms with Crippen molar-refractivity contribution in [3.8, 4) is 5.69 Å². The number of aromatic nitrogens is 2. The summed E-state index contributed by atoms with van der Waals surface area (Å²) in [4.78, 5) is 0. The molecule has 0 N–H and O–H groups in total. The smallest absolute Gasteiger partial charge is 0.123 e. The molecule has 3 heteroatoms. The monoisotopic (exact) mass is 161 g/mol. The Labute approximate surface area is 69.3 Å². The minimum absolute atomic E-state index is 0.241. The third-order valence-electron chi connectivity index (χ3n) is 1.54. The molecular formula is C9H6FN2. The van der Waals surface area contributed by atoms with Crippen molar-refractivity contribution in [2.24, 2.45) is 0 Å². The molecule has 0 fully saturated rings. The first-order valence-corrected chi connectivity index (χ1v) is 3.53. The fraction of sp³-hybridized carbons (Fsp3) is 0. The van der Waals surface area contributed by atoms with Gasteiger partial charge in [-0.05, 0) is 24.3 Å². The third-order valence-corrected chi connectivity index (χ3v) is 1.54. The van der Waals surface area contributed by atoms with E-state index in [4.69, 9.17) is 0 Å². The Morgan fingerprint density at radius 1 is 1.25 bits per heavy atom. The van der Waals surface area contributed by atoms with Gasteiger partial charge in [0.15, 0.2) is 0 Å². The molecule has 0 aliphatic rings. The molecule has 1 aromatic heterocycles. The zero-order chi connectivity index (χ0) is 8.39. The van der Waals surface area contributed by atoms with Crippen molar-refractivity contribution in [3.63, 3.8) is 0 Å². The highest BCUT2D eigenvalue weighted by Gasteiger charge is 1.94. The lowest BCUT2D eigenvalue weighted by molar-refractivity contribution is 0.627. The Balaban J connectivity index is 2.43. The Hall–Kier alpha value is -1.64. The lowest BCUT2D eigenvalue weighted by Gasteiger charge is -1.98. The number of hydrogen-bond donors (Lipinski definition) is 0. The third kappa shape index (κ3) is 1.21. The molecular weight excluding hydrogens is 155 g/mol. The molecule has 0 unspecified atom stereocenters. The summed E-state index contributed by atoms with van der Waals surface area (Å²) in [5.74, 6) is -0.241. The van der Waals surface area contributed by atoms with Crippen LogP contribution < -0.4 is 0 Å². The number of nitrogens with zero attached hydrogens (tertiary/aromatic N) is 2. The maximum absolute atomic E-state index is 12.5. The van der Waals surface area contributed by atoms with E-state index in [0.717, 1.165) is 5.69 Å². The van der Waals surface area contributed by atoms with Crippen molar-refractivity contribution >= 4 is 0 Å². The second kappa shape index (κ2) is 2.77. The molecule has 0 saturated heterocycles. The van der Waals surface area contributed by atoms with Crippen molar-refractivity contribution in [1.29, 1.82) is 0 Å². The van der Waals surface area contributed by atoms with Gasteiger partial charge in [-0.1, -0.05) is 0 Å². The summed E-state index contributed by atoms with van der Waals surface area (Å²) in [7, 11) is 0. The van der Waals surface area contributed by atoms with Crippen LogP contribution in [0.25, 0.3) is 5.69 Å². The highest BCUT2D eigenvalue weighted by atomic mass is 19.1. The van der Waals surface area contributed by atoms with Gasteiger partial charge < -0.3 is 0 Å². The molecule has 0 bridgehead atoms. The normalized spacial score (nSPS) is 10.1. The van der Waals surface area contributed by atoms with Gasteiger partial charge in [-0.15, -0.1) is 0 Å². The number of rotatable bonds is 1. The maximum Gasteiger partial charge on any atom is 0.123 e. The average Bonchev–Trinajstić information content (AvgIpc) is 2.58. The zero-order valence-electron chi connectivity index (χ0n) is 6.24. The summed E-state index contributed by atoms with van der Waals surface area (Å²) in [5.41, 5.74) is 0.831. The van der Waals surface area contributed by atoms with E-state index >= 15 is 0 Å². The lowest BCUT2D eigenvalue weighted by atomic mass is 10.3. The van der Waals surface area contributed by atoms with Crippen LogP contribution in [0.3, 0.4) is 0 Å². The molecule has 2 aromatic rings. The van der Waals surface area contributed by atoms with E-state index in [0.29, 0.717) is 0 Å². The van der Waals surface area contributed by atoms with Crippen LogP contribution in [0.1, 0.15) is 0 Å². The standard InChI is InChI=1S/C9H6FN2/c10-8-2-4-9(5-3-8)12-7-1-6-11-12/h2-7H. The number of hydrogen-bond acceptors (Lipinski definition) is 1. The molecule has 1 aromatic carbocycles. The van der Waals surface area contributed by atoms with Gasteiger partial charge in [-0.25, -0.2) is 9.07 Å². The van der Waals surface area contributed by atoms with E-state index in [1.807, 2.05) is 0 Å². The molecule has 2 nitrogen and oxygen atoms in total. The van der Waals surface area contributed by atoms with Crippen molar-refractivity contribution in [2.75, 3.05) is 0 Å². The molecule has 0 spiro atoms. The van der Waals surface area contributed by atoms with Gasteiger partial charge in [0.1, 0.15) is 5.82 Å². The van der Waals surface area contributed by atoms with Crippen LogP contribution in [0.15, 0.2) is 36.7 Å². The SMILES string of the molecule is Fc1ccc(-n2c[c]cn2)cc1. The second-order valence-electron chi connectivity index (χ2n) is 2.36.